The average molecular weight is 220 g/mol. The van der Waals surface area contributed by atoms with Crippen LogP contribution in [0.4, 0.5) is 12.9 Å². The molecule has 0 radical (unpaired) electrons. The maximum atomic E-state index is 12.1. The molecule has 2 nitrogen and oxygen atoms in total. The summed E-state index contributed by atoms with van der Waals surface area (Å²) in [7, 11) is 1.11. The second kappa shape index (κ2) is 5.16. The molecule has 0 spiro atoms. The van der Waals surface area contributed by atoms with Gasteiger partial charge in [0, 0.05) is 5.92 Å². The third-order valence-electron chi connectivity index (χ3n) is 2.32. The maximum absolute atomic E-state index is 12.1. The molecule has 1 fully saturated rings. The first-order valence-electron chi connectivity index (χ1n) is 3.74. The molecule has 0 heterocycles. The van der Waals surface area contributed by atoms with Crippen molar-refractivity contribution in [2.75, 3.05) is 7.11 Å². The van der Waals surface area contributed by atoms with Crippen molar-refractivity contribution in [3.05, 3.63) is 0 Å². The normalized spacial score (nSPS) is 27.1. The maximum Gasteiger partial charge on any atom is 1.00 e. The van der Waals surface area contributed by atoms with Gasteiger partial charge in [0.1, 0.15) is 0 Å². The summed E-state index contributed by atoms with van der Waals surface area (Å²) in [6, 6.07) is 0. The van der Waals surface area contributed by atoms with Crippen LogP contribution in [0.1, 0.15) is 12.8 Å². The molecule has 70 valence electrons. The average Bonchev–Trinajstić information content (AvgIpc) is 1.80. The third kappa shape index (κ3) is 3.23. The molecule has 0 aliphatic heterocycles. The molecule has 1 aliphatic carbocycles. The van der Waals surface area contributed by atoms with Crippen LogP contribution >= 0.6 is 0 Å². The number of methoxy groups -OCH3 is 1. The number of carbonyl (C=O) groups excluding carboxylic acids is 1. The standard InChI is InChI=1S/C6H9BF3O2.K/c1-12-6(11)4-2-3-5(4)7(8,9)10;/h4-5H,2-3H2,1H3;/q-1;+1. The summed E-state index contributed by atoms with van der Waals surface area (Å²) in [5, 5.41) is 0. The second-order valence-corrected chi connectivity index (χ2v) is 3.00. The van der Waals surface area contributed by atoms with E-state index in [2.05, 4.69) is 4.74 Å². The van der Waals surface area contributed by atoms with E-state index in [0.717, 1.165) is 7.11 Å². The Kier molecular flexibility index (Phi) is 5.54. The summed E-state index contributed by atoms with van der Waals surface area (Å²) in [5.41, 5.74) is 0. The van der Waals surface area contributed by atoms with Crippen LogP contribution < -0.4 is 51.4 Å². The number of hydrogen-bond donors (Lipinski definition) is 0. The molecule has 0 N–H and O–H groups in total. The minimum absolute atomic E-state index is 0. The van der Waals surface area contributed by atoms with E-state index in [1.807, 2.05) is 0 Å². The number of rotatable bonds is 2. The van der Waals surface area contributed by atoms with E-state index in [4.69, 9.17) is 0 Å². The molecular weight excluding hydrogens is 211 g/mol. The number of esters is 1. The monoisotopic (exact) mass is 220 g/mol. The first kappa shape index (κ1) is 14.0. The van der Waals surface area contributed by atoms with Crippen molar-refractivity contribution in [3.8, 4) is 0 Å². The van der Waals surface area contributed by atoms with Gasteiger partial charge in [0.05, 0.1) is 7.11 Å². The quantitative estimate of drug-likeness (QED) is 0.431. The van der Waals surface area contributed by atoms with Gasteiger partial charge >= 0.3 is 64.3 Å². The fraction of sp³-hybridized carbons (Fsp3) is 0.833. The molecule has 0 amide bonds. The molecule has 0 aromatic carbocycles. The predicted octanol–water partition coefficient (Wildman–Crippen LogP) is -1.21. The van der Waals surface area contributed by atoms with E-state index < -0.39 is 24.7 Å². The molecule has 2 atom stereocenters. The molecule has 7 heteroatoms. The smallest absolute Gasteiger partial charge is 0.469 e. The minimum atomic E-state index is -4.87. The summed E-state index contributed by atoms with van der Waals surface area (Å²) < 4.78 is 40.6. The summed E-state index contributed by atoms with van der Waals surface area (Å²) >= 11 is 0. The van der Waals surface area contributed by atoms with Crippen molar-refractivity contribution in [3.63, 3.8) is 0 Å². The Morgan fingerprint density at radius 1 is 1.38 bits per heavy atom. The molecule has 0 aromatic rings. The van der Waals surface area contributed by atoms with Crippen LogP contribution in [-0.4, -0.2) is 20.1 Å². The number of halogens is 3. The van der Waals surface area contributed by atoms with Gasteiger partial charge in [-0.15, -0.1) is 0 Å². The SMILES string of the molecule is COC(=O)C1CCC1[B-](F)(F)F.[K+]. The fourth-order valence-electron chi connectivity index (χ4n) is 1.42. The molecule has 13 heavy (non-hydrogen) atoms. The van der Waals surface area contributed by atoms with Crippen molar-refractivity contribution >= 4 is 12.9 Å². The first-order chi connectivity index (χ1) is 5.46. The zero-order chi connectivity index (χ0) is 9.35. The topological polar surface area (TPSA) is 26.3 Å². The number of carbonyl (C=O) groups is 1. The van der Waals surface area contributed by atoms with Crippen LogP contribution in [0.3, 0.4) is 0 Å². The van der Waals surface area contributed by atoms with Gasteiger partial charge in [0.25, 0.3) is 0 Å². The molecule has 0 bridgehead atoms. The van der Waals surface area contributed by atoms with Crippen LogP contribution in [0.5, 0.6) is 0 Å². The minimum Gasteiger partial charge on any atom is -0.469 e. The Labute approximate surface area is 117 Å². The van der Waals surface area contributed by atoms with Gasteiger partial charge in [0.15, 0.2) is 0 Å². The zero-order valence-corrected chi connectivity index (χ0v) is 10.7. The summed E-state index contributed by atoms with van der Waals surface area (Å²) in [4.78, 5) is 10.7. The molecule has 2 unspecified atom stereocenters. The van der Waals surface area contributed by atoms with Crippen LogP contribution in [-0.2, 0) is 9.53 Å². The van der Waals surface area contributed by atoms with Gasteiger partial charge < -0.3 is 17.7 Å². The predicted molar refractivity (Wildman–Crippen MR) is 37.6 cm³/mol. The Hall–Kier alpha value is 0.961. The van der Waals surface area contributed by atoms with E-state index in [1.54, 1.807) is 0 Å². The van der Waals surface area contributed by atoms with E-state index in [0.29, 0.717) is 6.42 Å². The van der Waals surface area contributed by atoms with E-state index in [9.17, 15) is 17.7 Å². The second-order valence-electron chi connectivity index (χ2n) is 3.00. The van der Waals surface area contributed by atoms with Crippen LogP contribution in [0, 0.1) is 5.92 Å². The third-order valence-corrected chi connectivity index (χ3v) is 2.32. The van der Waals surface area contributed by atoms with Crippen molar-refractivity contribution in [2.45, 2.75) is 18.7 Å². The molecule has 1 saturated carbocycles. The Morgan fingerprint density at radius 2 is 1.92 bits per heavy atom. The van der Waals surface area contributed by atoms with Crippen LogP contribution in [0.25, 0.3) is 0 Å². The summed E-state index contributed by atoms with van der Waals surface area (Å²) in [6.45, 7) is -4.87. The molecule has 0 saturated heterocycles. The molecule has 0 aromatic heterocycles. The van der Waals surface area contributed by atoms with Crippen molar-refractivity contribution < 1.29 is 73.9 Å². The van der Waals surface area contributed by atoms with Gasteiger partial charge in [-0.05, 0) is 6.42 Å². The Bertz CT molecular complexity index is 197. The first-order valence-corrected chi connectivity index (χ1v) is 3.74. The van der Waals surface area contributed by atoms with Crippen LogP contribution in [0.2, 0.25) is 5.82 Å². The number of hydrogen-bond acceptors (Lipinski definition) is 2. The van der Waals surface area contributed by atoms with Crippen molar-refractivity contribution in [1.82, 2.24) is 0 Å². The molecule has 1 rings (SSSR count). The Balaban J connectivity index is 0.00000144. The van der Waals surface area contributed by atoms with E-state index in [-0.39, 0.29) is 57.8 Å². The van der Waals surface area contributed by atoms with Gasteiger partial charge in [-0.3, -0.25) is 4.79 Å². The van der Waals surface area contributed by atoms with E-state index >= 15 is 0 Å². The summed E-state index contributed by atoms with van der Waals surface area (Å²) in [6.07, 6.45) is 0.377. The Morgan fingerprint density at radius 3 is 2.15 bits per heavy atom. The fourth-order valence-corrected chi connectivity index (χ4v) is 1.42. The van der Waals surface area contributed by atoms with Crippen molar-refractivity contribution in [2.24, 2.45) is 5.92 Å². The van der Waals surface area contributed by atoms with Gasteiger partial charge in [-0.25, -0.2) is 0 Å². The van der Waals surface area contributed by atoms with E-state index in [1.165, 1.54) is 0 Å². The largest absolute Gasteiger partial charge is 1.00 e. The van der Waals surface area contributed by atoms with Crippen LogP contribution in [0.15, 0.2) is 0 Å². The summed E-state index contributed by atoms with van der Waals surface area (Å²) in [5.74, 6) is -3.09. The van der Waals surface area contributed by atoms with Gasteiger partial charge in [0.2, 0.25) is 0 Å². The van der Waals surface area contributed by atoms with Crippen molar-refractivity contribution in [1.29, 1.82) is 0 Å². The zero-order valence-electron chi connectivity index (χ0n) is 7.60. The van der Waals surface area contributed by atoms with Gasteiger partial charge in [-0.2, -0.15) is 0 Å². The molecular formula is C6H9BF3KO2. The van der Waals surface area contributed by atoms with Gasteiger partial charge in [-0.1, -0.05) is 12.2 Å². The number of ether oxygens (including phenoxy) is 1. The molecule has 1 aliphatic rings.